The summed E-state index contributed by atoms with van der Waals surface area (Å²) in [5.41, 5.74) is 1.45. The summed E-state index contributed by atoms with van der Waals surface area (Å²) in [4.78, 5) is 0. The average molecular weight is 228 g/mol. The van der Waals surface area contributed by atoms with Gasteiger partial charge in [0, 0.05) is 6.54 Å². The summed E-state index contributed by atoms with van der Waals surface area (Å²) in [6.07, 6.45) is 0.692. The zero-order valence-corrected chi connectivity index (χ0v) is 10.2. The lowest BCUT2D eigenvalue weighted by Crippen LogP contribution is -2.22. The van der Waals surface area contributed by atoms with Gasteiger partial charge in [0.2, 0.25) is 0 Å². The maximum atomic E-state index is 9.56. The molecule has 0 radical (unpaired) electrons. The van der Waals surface area contributed by atoms with Crippen molar-refractivity contribution in [1.29, 1.82) is 0 Å². The van der Waals surface area contributed by atoms with E-state index in [1.54, 1.807) is 13.8 Å². The molecule has 84 valence electrons. The third-order valence-corrected chi connectivity index (χ3v) is 2.58. The van der Waals surface area contributed by atoms with Crippen LogP contribution in [0.2, 0.25) is 5.02 Å². The predicted molar refractivity (Wildman–Crippen MR) is 65.6 cm³/mol. The van der Waals surface area contributed by atoms with E-state index in [1.807, 2.05) is 25.1 Å². The summed E-state index contributed by atoms with van der Waals surface area (Å²) in [5.74, 6) is 0. The summed E-state index contributed by atoms with van der Waals surface area (Å²) >= 11 is 6.05. The lowest BCUT2D eigenvalue weighted by molar-refractivity contribution is 0.0749. The summed E-state index contributed by atoms with van der Waals surface area (Å²) in [7, 11) is 0. The van der Waals surface area contributed by atoms with E-state index in [4.69, 9.17) is 11.6 Å². The second kappa shape index (κ2) is 4.86. The number of para-hydroxylation sites is 1. The molecule has 0 spiro atoms. The number of benzene rings is 1. The van der Waals surface area contributed by atoms with Gasteiger partial charge in [-0.25, -0.2) is 0 Å². The zero-order chi connectivity index (χ0) is 11.5. The lowest BCUT2D eigenvalue weighted by atomic mass is 10.1. The first kappa shape index (κ1) is 12.3. The predicted octanol–water partition coefficient (Wildman–Crippen LogP) is 3.22. The van der Waals surface area contributed by atoms with Crippen LogP contribution in [0.5, 0.6) is 0 Å². The number of halogens is 1. The second-order valence-corrected chi connectivity index (χ2v) is 4.83. The van der Waals surface area contributed by atoms with E-state index < -0.39 is 5.60 Å². The molecule has 1 rings (SSSR count). The van der Waals surface area contributed by atoms with Gasteiger partial charge in [0.15, 0.2) is 0 Å². The molecule has 0 fully saturated rings. The molecule has 0 aromatic heterocycles. The fourth-order valence-corrected chi connectivity index (χ4v) is 1.64. The van der Waals surface area contributed by atoms with Gasteiger partial charge in [-0.3, -0.25) is 0 Å². The molecular weight excluding hydrogens is 210 g/mol. The maximum Gasteiger partial charge on any atom is 0.0640 e. The van der Waals surface area contributed by atoms with E-state index in [1.165, 1.54) is 0 Å². The third-order valence-electron chi connectivity index (χ3n) is 2.26. The molecule has 0 saturated carbocycles. The number of aliphatic hydroxyl groups is 1. The Bertz CT molecular complexity index is 311. The Morgan fingerprint density at radius 2 is 2.07 bits per heavy atom. The van der Waals surface area contributed by atoms with Crippen LogP contribution in [-0.4, -0.2) is 17.3 Å². The molecule has 2 N–H and O–H groups in total. The van der Waals surface area contributed by atoms with Crippen molar-refractivity contribution < 1.29 is 5.11 Å². The molecule has 2 nitrogen and oxygen atoms in total. The number of nitrogens with one attached hydrogen (secondary N) is 1. The van der Waals surface area contributed by atoms with Crippen LogP contribution in [-0.2, 0) is 0 Å². The molecular formula is C12H18ClNO. The molecule has 0 heterocycles. The molecule has 0 saturated heterocycles. The fraction of sp³-hybridized carbons (Fsp3) is 0.500. The van der Waals surface area contributed by atoms with Crippen molar-refractivity contribution in [3.63, 3.8) is 0 Å². The minimum absolute atomic E-state index is 0.637. The quantitative estimate of drug-likeness (QED) is 0.828. The van der Waals surface area contributed by atoms with Crippen molar-refractivity contribution in [2.45, 2.75) is 32.8 Å². The monoisotopic (exact) mass is 227 g/mol. The Hall–Kier alpha value is -0.730. The smallest absolute Gasteiger partial charge is 0.0640 e. The highest BCUT2D eigenvalue weighted by Gasteiger charge is 2.12. The Kier molecular flexibility index (Phi) is 4.00. The Labute approximate surface area is 96.3 Å². The fourth-order valence-electron chi connectivity index (χ4n) is 1.35. The first-order valence-electron chi connectivity index (χ1n) is 5.11. The van der Waals surface area contributed by atoms with Crippen LogP contribution < -0.4 is 5.32 Å². The highest BCUT2D eigenvalue weighted by atomic mass is 35.5. The Morgan fingerprint density at radius 3 is 2.60 bits per heavy atom. The Balaban J connectivity index is 2.58. The van der Waals surface area contributed by atoms with E-state index in [0.717, 1.165) is 16.3 Å². The number of rotatable bonds is 4. The van der Waals surface area contributed by atoms with Crippen molar-refractivity contribution in [2.75, 3.05) is 11.9 Å². The topological polar surface area (TPSA) is 32.3 Å². The molecule has 0 aliphatic rings. The first-order valence-corrected chi connectivity index (χ1v) is 5.49. The zero-order valence-electron chi connectivity index (χ0n) is 9.47. The van der Waals surface area contributed by atoms with Crippen molar-refractivity contribution in [1.82, 2.24) is 0 Å². The minimum Gasteiger partial charge on any atom is -0.390 e. The normalized spacial score (nSPS) is 11.5. The summed E-state index contributed by atoms with van der Waals surface area (Å²) in [6, 6.07) is 5.80. The van der Waals surface area contributed by atoms with Gasteiger partial charge in [0.05, 0.1) is 16.3 Å². The van der Waals surface area contributed by atoms with Gasteiger partial charge in [0.1, 0.15) is 0 Å². The Morgan fingerprint density at radius 1 is 1.40 bits per heavy atom. The van der Waals surface area contributed by atoms with Gasteiger partial charge >= 0.3 is 0 Å². The van der Waals surface area contributed by atoms with Gasteiger partial charge in [-0.05, 0) is 38.8 Å². The minimum atomic E-state index is -0.637. The van der Waals surface area contributed by atoms with Gasteiger partial charge < -0.3 is 10.4 Å². The van der Waals surface area contributed by atoms with Crippen molar-refractivity contribution >= 4 is 17.3 Å². The molecule has 0 amide bonds. The van der Waals surface area contributed by atoms with Gasteiger partial charge in [-0.2, -0.15) is 0 Å². The van der Waals surface area contributed by atoms with Crippen LogP contribution >= 0.6 is 11.6 Å². The van der Waals surface area contributed by atoms with Crippen LogP contribution in [0.3, 0.4) is 0 Å². The SMILES string of the molecule is Cc1cccc(Cl)c1NCCC(C)(C)O. The summed E-state index contributed by atoms with van der Waals surface area (Å²) in [6.45, 7) is 6.33. The molecule has 0 aliphatic carbocycles. The van der Waals surface area contributed by atoms with E-state index >= 15 is 0 Å². The third kappa shape index (κ3) is 4.10. The van der Waals surface area contributed by atoms with Crippen molar-refractivity contribution in [3.05, 3.63) is 28.8 Å². The van der Waals surface area contributed by atoms with E-state index in [-0.39, 0.29) is 0 Å². The number of anilines is 1. The van der Waals surface area contributed by atoms with E-state index in [9.17, 15) is 5.11 Å². The van der Waals surface area contributed by atoms with Crippen LogP contribution in [0.4, 0.5) is 5.69 Å². The van der Waals surface area contributed by atoms with Gasteiger partial charge in [-0.1, -0.05) is 23.7 Å². The lowest BCUT2D eigenvalue weighted by Gasteiger charge is -2.18. The standard InChI is InChI=1S/C12H18ClNO/c1-9-5-4-6-10(13)11(9)14-8-7-12(2,3)15/h4-6,14-15H,7-8H2,1-3H3. The maximum absolute atomic E-state index is 9.56. The van der Waals surface area contributed by atoms with E-state index in [0.29, 0.717) is 13.0 Å². The summed E-state index contributed by atoms with van der Waals surface area (Å²) in [5, 5.41) is 13.5. The van der Waals surface area contributed by atoms with Crippen LogP contribution in [0, 0.1) is 6.92 Å². The van der Waals surface area contributed by atoms with Gasteiger partial charge in [-0.15, -0.1) is 0 Å². The number of hydrogen-bond donors (Lipinski definition) is 2. The van der Waals surface area contributed by atoms with Crippen LogP contribution in [0.1, 0.15) is 25.8 Å². The van der Waals surface area contributed by atoms with Crippen molar-refractivity contribution in [3.8, 4) is 0 Å². The number of aryl methyl sites for hydroxylation is 1. The highest BCUT2D eigenvalue weighted by molar-refractivity contribution is 6.33. The molecule has 0 unspecified atom stereocenters. The molecule has 1 aromatic rings. The van der Waals surface area contributed by atoms with Crippen LogP contribution in [0.25, 0.3) is 0 Å². The largest absolute Gasteiger partial charge is 0.390 e. The first-order chi connectivity index (χ1) is 6.90. The molecule has 1 aromatic carbocycles. The number of hydrogen-bond acceptors (Lipinski definition) is 2. The second-order valence-electron chi connectivity index (χ2n) is 4.42. The van der Waals surface area contributed by atoms with Crippen molar-refractivity contribution in [2.24, 2.45) is 0 Å². The highest BCUT2D eigenvalue weighted by Crippen LogP contribution is 2.25. The molecule has 15 heavy (non-hydrogen) atoms. The molecule has 0 atom stereocenters. The summed E-state index contributed by atoms with van der Waals surface area (Å²) < 4.78 is 0. The average Bonchev–Trinajstić information content (AvgIpc) is 2.08. The van der Waals surface area contributed by atoms with Gasteiger partial charge in [0.25, 0.3) is 0 Å². The molecule has 3 heteroatoms. The van der Waals surface area contributed by atoms with E-state index in [2.05, 4.69) is 5.32 Å². The molecule has 0 aliphatic heterocycles. The van der Waals surface area contributed by atoms with Crippen LogP contribution in [0.15, 0.2) is 18.2 Å². The molecule has 0 bridgehead atoms.